The van der Waals surface area contributed by atoms with Crippen molar-refractivity contribution in [3.63, 3.8) is 0 Å². The van der Waals surface area contributed by atoms with Gasteiger partial charge < -0.3 is 15.7 Å². The molecule has 3 N–H and O–H groups in total. The van der Waals surface area contributed by atoms with E-state index in [1.54, 1.807) is 0 Å². The van der Waals surface area contributed by atoms with Gasteiger partial charge in [0.05, 0.1) is 6.61 Å². The Hall–Kier alpha value is -1.36. The summed E-state index contributed by atoms with van der Waals surface area (Å²) < 4.78 is 0. The molecule has 0 aromatic carbocycles. The summed E-state index contributed by atoms with van der Waals surface area (Å²) in [5.41, 5.74) is 6.92. The molecule has 5 nitrogen and oxygen atoms in total. The third kappa shape index (κ3) is 2.56. The maximum Gasteiger partial charge on any atom is 0.137 e. The lowest BCUT2D eigenvalue weighted by Gasteiger charge is -2.31. The molecule has 5 heteroatoms. The lowest BCUT2D eigenvalue weighted by Crippen LogP contribution is -2.37. The van der Waals surface area contributed by atoms with Gasteiger partial charge in [0.15, 0.2) is 0 Å². The first-order valence-corrected chi connectivity index (χ1v) is 6.74. The van der Waals surface area contributed by atoms with E-state index in [0.29, 0.717) is 18.4 Å². The Labute approximate surface area is 108 Å². The summed E-state index contributed by atoms with van der Waals surface area (Å²) in [6, 6.07) is 0.483. The molecule has 18 heavy (non-hydrogen) atoms. The number of hydrogen-bond donors (Lipinski definition) is 2. The second-order valence-corrected chi connectivity index (χ2v) is 4.77. The summed E-state index contributed by atoms with van der Waals surface area (Å²) in [5.74, 6) is 1.47. The molecule has 2 rings (SSSR count). The molecule has 0 saturated heterocycles. The fourth-order valence-electron chi connectivity index (χ4n) is 2.79. The SMILES string of the molecule is CCc1c(N)ncnc1N(CCO)C1CCCC1. The van der Waals surface area contributed by atoms with Crippen LogP contribution in [0.2, 0.25) is 0 Å². The van der Waals surface area contributed by atoms with Crippen LogP contribution >= 0.6 is 0 Å². The highest BCUT2D eigenvalue weighted by atomic mass is 16.3. The van der Waals surface area contributed by atoms with Crippen LogP contribution in [0.3, 0.4) is 0 Å². The number of anilines is 2. The molecule has 0 spiro atoms. The number of nitrogens with zero attached hydrogens (tertiary/aromatic N) is 3. The normalized spacial score (nSPS) is 16.1. The van der Waals surface area contributed by atoms with Crippen LogP contribution in [0, 0.1) is 0 Å². The zero-order valence-corrected chi connectivity index (χ0v) is 11.0. The van der Waals surface area contributed by atoms with E-state index >= 15 is 0 Å². The first kappa shape index (κ1) is 13.1. The highest BCUT2D eigenvalue weighted by molar-refractivity contribution is 5.57. The van der Waals surface area contributed by atoms with Crippen molar-refractivity contribution < 1.29 is 5.11 Å². The molecule has 0 amide bonds. The summed E-state index contributed by atoms with van der Waals surface area (Å²) >= 11 is 0. The van der Waals surface area contributed by atoms with Gasteiger partial charge in [-0.2, -0.15) is 0 Å². The maximum atomic E-state index is 9.27. The number of aromatic nitrogens is 2. The molecule has 100 valence electrons. The fourth-order valence-corrected chi connectivity index (χ4v) is 2.79. The van der Waals surface area contributed by atoms with Crippen molar-refractivity contribution >= 4 is 11.6 Å². The van der Waals surface area contributed by atoms with Crippen LogP contribution in [-0.4, -0.2) is 34.3 Å². The largest absolute Gasteiger partial charge is 0.395 e. The van der Waals surface area contributed by atoms with Crippen LogP contribution in [0.5, 0.6) is 0 Å². The number of nitrogens with two attached hydrogens (primary N) is 1. The Bertz CT molecular complexity index is 391. The van der Waals surface area contributed by atoms with E-state index in [2.05, 4.69) is 21.8 Å². The van der Waals surface area contributed by atoms with Crippen molar-refractivity contribution in [3.05, 3.63) is 11.9 Å². The molecule has 0 atom stereocenters. The van der Waals surface area contributed by atoms with Gasteiger partial charge in [-0.05, 0) is 19.3 Å². The molecule has 0 radical (unpaired) electrons. The number of aliphatic hydroxyl groups is 1. The summed E-state index contributed by atoms with van der Waals surface area (Å²) in [6.07, 6.45) is 7.20. The lowest BCUT2D eigenvalue weighted by atomic mass is 10.1. The number of rotatable bonds is 5. The average molecular weight is 250 g/mol. The summed E-state index contributed by atoms with van der Waals surface area (Å²) in [6.45, 7) is 2.82. The monoisotopic (exact) mass is 250 g/mol. The first-order chi connectivity index (χ1) is 8.77. The highest BCUT2D eigenvalue weighted by Gasteiger charge is 2.25. The molecule has 0 bridgehead atoms. The number of aliphatic hydroxyl groups excluding tert-OH is 1. The molecule has 0 aliphatic heterocycles. The summed E-state index contributed by atoms with van der Waals surface area (Å²) in [7, 11) is 0. The molecule has 1 aliphatic rings. The van der Waals surface area contributed by atoms with Crippen molar-refractivity contribution in [3.8, 4) is 0 Å². The molecule has 1 aliphatic carbocycles. The van der Waals surface area contributed by atoms with Crippen LogP contribution in [0.15, 0.2) is 6.33 Å². The zero-order chi connectivity index (χ0) is 13.0. The van der Waals surface area contributed by atoms with Gasteiger partial charge >= 0.3 is 0 Å². The van der Waals surface area contributed by atoms with E-state index in [1.807, 2.05) is 0 Å². The Kier molecular flexibility index (Phi) is 4.36. The Morgan fingerprint density at radius 3 is 2.72 bits per heavy atom. The maximum absolute atomic E-state index is 9.27. The highest BCUT2D eigenvalue weighted by Crippen LogP contribution is 2.30. The predicted octanol–water partition coefficient (Wildman–Crippen LogP) is 1.36. The van der Waals surface area contributed by atoms with E-state index < -0.39 is 0 Å². The molecule has 1 aromatic heterocycles. The Morgan fingerprint density at radius 1 is 1.39 bits per heavy atom. The molecule has 1 aromatic rings. The Balaban J connectivity index is 2.32. The third-order valence-electron chi connectivity index (χ3n) is 3.69. The van der Waals surface area contributed by atoms with E-state index in [-0.39, 0.29) is 6.61 Å². The molecule has 1 heterocycles. The smallest absolute Gasteiger partial charge is 0.137 e. The van der Waals surface area contributed by atoms with Gasteiger partial charge in [0, 0.05) is 18.2 Å². The topological polar surface area (TPSA) is 75.3 Å². The summed E-state index contributed by atoms with van der Waals surface area (Å²) in [4.78, 5) is 10.7. The first-order valence-electron chi connectivity index (χ1n) is 6.74. The lowest BCUT2D eigenvalue weighted by molar-refractivity contribution is 0.296. The minimum Gasteiger partial charge on any atom is -0.395 e. The second kappa shape index (κ2) is 6.00. The zero-order valence-electron chi connectivity index (χ0n) is 11.0. The molecule has 1 saturated carbocycles. The minimum absolute atomic E-state index is 0.142. The van der Waals surface area contributed by atoms with Gasteiger partial charge in [-0.15, -0.1) is 0 Å². The van der Waals surface area contributed by atoms with Crippen LogP contribution in [0.25, 0.3) is 0 Å². The molecular weight excluding hydrogens is 228 g/mol. The number of hydrogen-bond acceptors (Lipinski definition) is 5. The van der Waals surface area contributed by atoms with E-state index in [0.717, 1.165) is 17.8 Å². The van der Waals surface area contributed by atoms with E-state index in [9.17, 15) is 5.11 Å². The number of nitrogen functional groups attached to an aromatic ring is 1. The molecular formula is C13H22N4O. The van der Waals surface area contributed by atoms with Gasteiger partial charge in [-0.1, -0.05) is 19.8 Å². The standard InChI is InChI=1S/C13H22N4O/c1-2-11-12(14)15-9-16-13(11)17(7-8-18)10-5-3-4-6-10/h9-10,18H,2-8H2,1H3,(H2,14,15,16). The molecule has 1 fully saturated rings. The second-order valence-electron chi connectivity index (χ2n) is 4.77. The van der Waals surface area contributed by atoms with Crippen LogP contribution < -0.4 is 10.6 Å². The van der Waals surface area contributed by atoms with Crippen LogP contribution in [0.1, 0.15) is 38.2 Å². The Morgan fingerprint density at radius 2 is 2.11 bits per heavy atom. The predicted molar refractivity (Wildman–Crippen MR) is 72.5 cm³/mol. The third-order valence-corrected chi connectivity index (χ3v) is 3.69. The van der Waals surface area contributed by atoms with Crippen LogP contribution in [0.4, 0.5) is 11.6 Å². The van der Waals surface area contributed by atoms with Gasteiger partial charge in [-0.25, -0.2) is 9.97 Å². The van der Waals surface area contributed by atoms with E-state index in [1.165, 1.54) is 32.0 Å². The fraction of sp³-hybridized carbons (Fsp3) is 0.692. The molecule has 0 unspecified atom stereocenters. The van der Waals surface area contributed by atoms with Gasteiger partial charge in [0.2, 0.25) is 0 Å². The van der Waals surface area contributed by atoms with Crippen molar-refractivity contribution in [2.24, 2.45) is 0 Å². The van der Waals surface area contributed by atoms with E-state index in [4.69, 9.17) is 5.73 Å². The van der Waals surface area contributed by atoms with Crippen LogP contribution in [-0.2, 0) is 6.42 Å². The summed E-state index contributed by atoms with van der Waals surface area (Å²) in [5, 5.41) is 9.27. The quantitative estimate of drug-likeness (QED) is 0.825. The van der Waals surface area contributed by atoms with Crippen molar-refractivity contribution in [1.82, 2.24) is 9.97 Å². The van der Waals surface area contributed by atoms with Crippen molar-refractivity contribution in [2.75, 3.05) is 23.8 Å². The minimum atomic E-state index is 0.142. The van der Waals surface area contributed by atoms with Gasteiger partial charge in [0.25, 0.3) is 0 Å². The van der Waals surface area contributed by atoms with Gasteiger partial charge in [0.1, 0.15) is 18.0 Å². The van der Waals surface area contributed by atoms with Crippen molar-refractivity contribution in [1.29, 1.82) is 0 Å². The van der Waals surface area contributed by atoms with Crippen molar-refractivity contribution in [2.45, 2.75) is 45.1 Å². The average Bonchev–Trinajstić information content (AvgIpc) is 2.89. The van der Waals surface area contributed by atoms with Gasteiger partial charge in [-0.3, -0.25) is 0 Å².